The zero-order valence-electron chi connectivity index (χ0n) is 18.9. The van der Waals surface area contributed by atoms with Gasteiger partial charge in [0.1, 0.15) is 29.5 Å². The third-order valence-corrected chi connectivity index (χ3v) is 6.85. The normalized spacial score (nSPS) is 11.1. The fourth-order valence-electron chi connectivity index (χ4n) is 3.54. The smallest absolute Gasteiger partial charge is 0.306 e. The number of aryl methyl sites for hydroxylation is 1. The van der Waals surface area contributed by atoms with Crippen molar-refractivity contribution in [3.05, 3.63) is 70.0 Å². The summed E-state index contributed by atoms with van der Waals surface area (Å²) in [5.74, 6) is 0.102. The average Bonchev–Trinajstić information content (AvgIpc) is 3.17. The van der Waals surface area contributed by atoms with Crippen molar-refractivity contribution >= 4 is 58.1 Å². The molecule has 11 heteroatoms. The number of benzene rings is 2. The number of aromatic nitrogens is 3. The zero-order valence-corrected chi connectivity index (χ0v) is 21.3. The van der Waals surface area contributed by atoms with E-state index >= 15 is 4.39 Å². The van der Waals surface area contributed by atoms with Gasteiger partial charge in [0.2, 0.25) is 0 Å². The molecule has 3 N–H and O–H groups in total. The Kier molecular flexibility index (Phi) is 7.69. The molecule has 0 spiro atoms. The molecule has 0 bridgehead atoms. The van der Waals surface area contributed by atoms with Crippen molar-refractivity contribution in [2.45, 2.75) is 38.2 Å². The minimum absolute atomic E-state index is 0.00214. The van der Waals surface area contributed by atoms with E-state index in [0.717, 1.165) is 11.9 Å². The van der Waals surface area contributed by atoms with Crippen LogP contribution in [0, 0.1) is 12.7 Å². The van der Waals surface area contributed by atoms with Crippen molar-refractivity contribution < 1.29 is 13.9 Å². The van der Waals surface area contributed by atoms with E-state index in [1.807, 2.05) is 13.8 Å². The Morgan fingerprint density at radius 2 is 2.11 bits per heavy atom. The summed E-state index contributed by atoms with van der Waals surface area (Å²) in [6.45, 7) is 3.70. The molecule has 7 nitrogen and oxygen atoms in total. The summed E-state index contributed by atoms with van der Waals surface area (Å²) < 4.78 is 25.6. The molecule has 4 aromatic rings. The van der Waals surface area contributed by atoms with Gasteiger partial charge >= 0.3 is 5.97 Å². The molecule has 0 saturated heterocycles. The maximum absolute atomic E-state index is 15.6. The number of nitrogen functional groups attached to an aromatic ring is 1. The highest BCUT2D eigenvalue weighted by molar-refractivity contribution is 8.00. The van der Waals surface area contributed by atoms with Crippen LogP contribution in [0.15, 0.2) is 47.6 Å². The molecule has 0 fully saturated rings. The van der Waals surface area contributed by atoms with Crippen molar-refractivity contribution in [3.8, 4) is 11.3 Å². The molecule has 0 amide bonds. The monoisotopic (exact) mass is 533 g/mol. The highest BCUT2D eigenvalue weighted by atomic mass is 35.5. The lowest BCUT2D eigenvalue weighted by atomic mass is 10.1. The van der Waals surface area contributed by atoms with Crippen molar-refractivity contribution in [1.82, 2.24) is 14.4 Å². The van der Waals surface area contributed by atoms with Crippen LogP contribution in [0.25, 0.3) is 16.8 Å². The molecule has 2 aromatic heterocycles. The first-order valence-corrected chi connectivity index (χ1v) is 12.3. The lowest BCUT2D eigenvalue weighted by Crippen LogP contribution is -2.04. The number of nitrogens with one attached hydrogen (secondary N) is 1. The van der Waals surface area contributed by atoms with E-state index in [1.165, 1.54) is 0 Å². The van der Waals surface area contributed by atoms with Gasteiger partial charge in [-0.2, -0.15) is 0 Å². The van der Waals surface area contributed by atoms with Crippen LogP contribution in [0.3, 0.4) is 0 Å². The third kappa shape index (κ3) is 5.32. The molecule has 35 heavy (non-hydrogen) atoms. The van der Waals surface area contributed by atoms with E-state index in [2.05, 4.69) is 14.7 Å². The highest BCUT2D eigenvalue weighted by Gasteiger charge is 2.19. The molecule has 2 heterocycles. The van der Waals surface area contributed by atoms with Crippen molar-refractivity contribution in [2.24, 2.45) is 0 Å². The molecule has 0 unspecified atom stereocenters. The minimum Gasteiger partial charge on any atom is -0.461 e. The number of nitrogens with two attached hydrogens (primary N) is 1. The number of hydrogen-bond acceptors (Lipinski definition) is 7. The molecule has 0 aliphatic carbocycles. The van der Waals surface area contributed by atoms with Gasteiger partial charge in [-0.25, -0.2) is 14.4 Å². The first kappa shape index (κ1) is 25.1. The summed E-state index contributed by atoms with van der Waals surface area (Å²) >= 11 is 13.9. The van der Waals surface area contributed by atoms with Gasteiger partial charge in [0.15, 0.2) is 5.82 Å². The van der Waals surface area contributed by atoms with Crippen LogP contribution in [0.4, 0.5) is 15.9 Å². The molecule has 182 valence electrons. The zero-order chi connectivity index (χ0) is 25.1. The van der Waals surface area contributed by atoms with E-state index in [0.29, 0.717) is 50.4 Å². The topological polar surface area (TPSA) is 94.5 Å². The molecule has 0 saturated carbocycles. The Morgan fingerprint density at radius 3 is 2.89 bits per heavy atom. The first-order chi connectivity index (χ1) is 16.8. The van der Waals surface area contributed by atoms with E-state index in [4.69, 9.17) is 33.7 Å². The number of fused-ring (bicyclic) bond motifs is 1. The van der Waals surface area contributed by atoms with Gasteiger partial charge in [-0.1, -0.05) is 36.2 Å². The number of rotatable bonds is 8. The number of carbonyl (C=O) groups is 1. The maximum atomic E-state index is 15.6. The first-order valence-electron chi connectivity index (χ1n) is 10.7. The third-order valence-electron chi connectivity index (χ3n) is 5.21. The molecule has 0 aliphatic heterocycles. The van der Waals surface area contributed by atoms with Crippen LogP contribution >= 0.6 is 35.1 Å². The molecule has 2 aromatic carbocycles. The molecule has 0 atom stereocenters. The summed E-state index contributed by atoms with van der Waals surface area (Å²) in [4.78, 5) is 20.9. The number of esters is 1. The van der Waals surface area contributed by atoms with Crippen molar-refractivity contribution in [3.63, 3.8) is 0 Å². The Hall–Kier alpha value is -3.01. The van der Waals surface area contributed by atoms with Gasteiger partial charge < -0.3 is 15.2 Å². The Bertz CT molecular complexity index is 1410. The number of halogens is 3. The molecule has 0 aliphatic rings. The van der Waals surface area contributed by atoms with Crippen molar-refractivity contribution in [2.75, 3.05) is 10.5 Å². The predicted octanol–water partition coefficient (Wildman–Crippen LogP) is 6.70. The second-order valence-corrected chi connectivity index (χ2v) is 9.36. The second kappa shape index (κ2) is 10.7. The fourth-order valence-corrected chi connectivity index (χ4v) is 4.91. The summed E-state index contributed by atoms with van der Waals surface area (Å²) in [6.07, 6.45) is 4.31. The summed E-state index contributed by atoms with van der Waals surface area (Å²) in [6, 6.07) is 8.24. The van der Waals surface area contributed by atoms with Gasteiger partial charge in [-0.3, -0.25) is 9.20 Å². The van der Waals surface area contributed by atoms with Gasteiger partial charge in [-0.05, 0) is 49.6 Å². The number of hydrogen-bond donors (Lipinski definition) is 2. The van der Waals surface area contributed by atoms with E-state index in [1.54, 1.807) is 47.1 Å². The number of ether oxygens (including phenoxy) is 1. The number of nitrogens with zero attached hydrogens (tertiary/aromatic N) is 3. The van der Waals surface area contributed by atoms with Crippen LogP contribution in [0.1, 0.15) is 31.2 Å². The van der Waals surface area contributed by atoms with Crippen LogP contribution in [-0.2, 0) is 16.1 Å². The highest BCUT2D eigenvalue weighted by Crippen LogP contribution is 2.37. The quantitative estimate of drug-likeness (QED) is 0.192. The van der Waals surface area contributed by atoms with Gasteiger partial charge in [-0.15, -0.1) is 0 Å². The number of anilines is 2. The molecule has 4 rings (SSSR count). The van der Waals surface area contributed by atoms with Gasteiger partial charge in [0.25, 0.3) is 0 Å². The van der Waals surface area contributed by atoms with Crippen molar-refractivity contribution in [1.29, 1.82) is 0 Å². The molecular formula is C24H22Cl2FN5O2S. The number of carbonyl (C=O) groups excluding carboxylic acids is 1. The minimum atomic E-state index is -0.505. The fraction of sp³-hybridized carbons (Fsp3) is 0.208. The van der Waals surface area contributed by atoms with Crippen LogP contribution < -0.4 is 10.5 Å². The summed E-state index contributed by atoms with van der Waals surface area (Å²) in [5, 5.41) is 0.778. The summed E-state index contributed by atoms with van der Waals surface area (Å²) in [7, 11) is 0. The largest absolute Gasteiger partial charge is 0.461 e. The van der Waals surface area contributed by atoms with E-state index in [-0.39, 0.29) is 29.6 Å². The maximum Gasteiger partial charge on any atom is 0.306 e. The van der Waals surface area contributed by atoms with E-state index < -0.39 is 5.82 Å². The molecular weight excluding hydrogens is 512 g/mol. The van der Waals surface area contributed by atoms with Gasteiger partial charge in [0.05, 0.1) is 10.7 Å². The van der Waals surface area contributed by atoms with Crippen LogP contribution in [0.2, 0.25) is 10.0 Å². The second-order valence-electron chi connectivity index (χ2n) is 7.70. The standard InChI is InChI=1S/C24H22Cl2FN5O2S/c1-3-5-19(33)34-12-14-10-15(25)11-18(20(14)26)35-31-17-7-4-6-16(21(17)27)22-23-24(28)29-8-9-32(23)13(2)30-22/h4,6-11,31H,3,5,12H2,1-2H3,(H2,28,29). The number of imidazole rings is 1. The van der Waals surface area contributed by atoms with Crippen LogP contribution in [0.5, 0.6) is 0 Å². The Balaban J connectivity index is 1.60. The lowest BCUT2D eigenvalue weighted by molar-refractivity contribution is -0.144. The van der Waals surface area contributed by atoms with Crippen LogP contribution in [-0.4, -0.2) is 20.3 Å². The van der Waals surface area contributed by atoms with E-state index in [9.17, 15) is 4.79 Å². The Morgan fingerprint density at radius 1 is 1.31 bits per heavy atom. The molecule has 0 radical (unpaired) electrons. The Labute approximate surface area is 215 Å². The predicted molar refractivity (Wildman–Crippen MR) is 138 cm³/mol. The van der Waals surface area contributed by atoms with Gasteiger partial charge in [0, 0.05) is 39.9 Å². The lowest BCUT2D eigenvalue weighted by Gasteiger charge is -2.13. The SMILES string of the molecule is CCCC(=O)OCc1cc(Cl)cc(SNc2cccc(-c3nc(C)n4ccnc(N)c34)c2F)c1Cl. The average molecular weight is 534 g/mol. The summed E-state index contributed by atoms with van der Waals surface area (Å²) in [5.41, 5.74) is 8.06.